The number of hydrogen-bond donors (Lipinski definition) is 1. The van der Waals surface area contributed by atoms with Gasteiger partial charge in [0, 0.05) is 5.56 Å². The molecular weight excluding hydrogens is 224 g/mol. The molecule has 1 unspecified atom stereocenters. The van der Waals surface area contributed by atoms with Crippen molar-refractivity contribution in [3.8, 4) is 11.8 Å². The summed E-state index contributed by atoms with van der Waals surface area (Å²) < 4.78 is 5.51. The first kappa shape index (κ1) is 12.9. The second kappa shape index (κ2) is 4.62. The topological polar surface area (TPSA) is 45.0 Å². The fourth-order valence-corrected chi connectivity index (χ4v) is 2.78. The zero-order valence-corrected chi connectivity index (χ0v) is 11.5. The number of aryl methyl sites for hydroxylation is 2. The minimum atomic E-state index is -0.248. The number of nitrogens with zero attached hydrogens (tertiary/aromatic N) is 1. The van der Waals surface area contributed by atoms with Gasteiger partial charge in [0.15, 0.2) is 0 Å². The first-order chi connectivity index (χ1) is 8.57. The normalized spacial score (nSPS) is 17.9. The lowest BCUT2D eigenvalue weighted by molar-refractivity contribution is 0.379. The maximum absolute atomic E-state index is 9.40. The zero-order valence-electron chi connectivity index (χ0n) is 11.5. The Kier molecular flexibility index (Phi) is 3.32. The van der Waals surface area contributed by atoms with Gasteiger partial charge >= 0.3 is 0 Å². The number of rotatable bonds is 4. The Hall–Kier alpha value is -1.53. The smallest absolute Gasteiger partial charge is 0.124 e. The number of methoxy groups -OCH3 is 1. The Labute approximate surface area is 109 Å². The molecule has 1 aromatic rings. The van der Waals surface area contributed by atoms with Crippen molar-refractivity contribution < 1.29 is 4.74 Å². The fraction of sp³-hybridized carbons (Fsp3) is 0.533. The van der Waals surface area contributed by atoms with Crippen molar-refractivity contribution in [3.63, 3.8) is 0 Å². The molecule has 0 bridgehead atoms. The highest BCUT2D eigenvalue weighted by atomic mass is 16.5. The van der Waals surface area contributed by atoms with Crippen molar-refractivity contribution >= 4 is 0 Å². The average Bonchev–Trinajstić information content (AvgIpc) is 3.13. The van der Waals surface area contributed by atoms with E-state index >= 15 is 0 Å². The predicted octanol–water partition coefficient (Wildman–Crippen LogP) is 2.88. The van der Waals surface area contributed by atoms with Gasteiger partial charge in [-0.05, 0) is 50.9 Å². The lowest BCUT2D eigenvalue weighted by Gasteiger charge is -2.25. The molecule has 18 heavy (non-hydrogen) atoms. The highest BCUT2D eigenvalue weighted by Gasteiger charge is 2.51. The van der Waals surface area contributed by atoms with Crippen LogP contribution in [0, 0.1) is 30.6 Å². The number of nitrogens with one attached hydrogen (secondary N) is 1. The van der Waals surface area contributed by atoms with Gasteiger partial charge in [-0.2, -0.15) is 5.26 Å². The fourth-order valence-electron chi connectivity index (χ4n) is 2.78. The van der Waals surface area contributed by atoms with Gasteiger partial charge in [-0.15, -0.1) is 0 Å². The number of nitriles is 1. The molecule has 1 N–H and O–H groups in total. The summed E-state index contributed by atoms with van der Waals surface area (Å²) in [7, 11) is 3.61. The maximum Gasteiger partial charge on any atom is 0.124 e. The maximum atomic E-state index is 9.40. The summed E-state index contributed by atoms with van der Waals surface area (Å²) in [5.74, 6) is 0.883. The van der Waals surface area contributed by atoms with Crippen molar-refractivity contribution in [2.75, 3.05) is 14.2 Å². The third-order valence-electron chi connectivity index (χ3n) is 3.85. The second-order valence-corrected chi connectivity index (χ2v) is 5.19. The van der Waals surface area contributed by atoms with E-state index in [1.807, 2.05) is 13.1 Å². The molecule has 1 fully saturated rings. The van der Waals surface area contributed by atoms with Gasteiger partial charge in [0.1, 0.15) is 5.75 Å². The lowest BCUT2D eigenvalue weighted by Crippen LogP contribution is -2.27. The van der Waals surface area contributed by atoms with Crippen molar-refractivity contribution in [1.82, 2.24) is 5.32 Å². The second-order valence-electron chi connectivity index (χ2n) is 5.19. The van der Waals surface area contributed by atoms with E-state index < -0.39 is 0 Å². The molecule has 3 nitrogen and oxygen atoms in total. The van der Waals surface area contributed by atoms with Crippen molar-refractivity contribution in [2.45, 2.75) is 32.7 Å². The van der Waals surface area contributed by atoms with Gasteiger partial charge < -0.3 is 10.1 Å². The Balaban J connectivity index is 2.52. The quantitative estimate of drug-likeness (QED) is 0.885. The first-order valence-electron chi connectivity index (χ1n) is 6.31. The molecule has 0 aliphatic heterocycles. The summed E-state index contributed by atoms with van der Waals surface area (Å²) in [6.45, 7) is 4.15. The van der Waals surface area contributed by atoms with E-state index in [9.17, 15) is 5.26 Å². The molecule has 0 aromatic heterocycles. The summed E-state index contributed by atoms with van der Waals surface area (Å²) >= 11 is 0. The van der Waals surface area contributed by atoms with Crippen LogP contribution in [0.4, 0.5) is 0 Å². The Morgan fingerprint density at radius 1 is 1.39 bits per heavy atom. The molecule has 0 heterocycles. The van der Waals surface area contributed by atoms with Gasteiger partial charge in [0.05, 0.1) is 24.6 Å². The van der Waals surface area contributed by atoms with Gasteiger partial charge in [-0.3, -0.25) is 0 Å². The Morgan fingerprint density at radius 3 is 2.50 bits per heavy atom. The van der Waals surface area contributed by atoms with Crippen molar-refractivity contribution in [2.24, 2.45) is 5.41 Å². The van der Waals surface area contributed by atoms with Crippen LogP contribution in [-0.2, 0) is 0 Å². The van der Waals surface area contributed by atoms with Crippen LogP contribution in [0.1, 0.15) is 35.6 Å². The van der Waals surface area contributed by atoms with Gasteiger partial charge in [0.25, 0.3) is 0 Å². The van der Waals surface area contributed by atoms with E-state index in [4.69, 9.17) is 4.74 Å². The van der Waals surface area contributed by atoms with Gasteiger partial charge in [-0.1, -0.05) is 6.07 Å². The molecule has 0 radical (unpaired) electrons. The van der Waals surface area contributed by atoms with Crippen LogP contribution in [-0.4, -0.2) is 14.2 Å². The molecule has 2 rings (SSSR count). The van der Waals surface area contributed by atoms with E-state index in [1.165, 1.54) is 11.1 Å². The van der Waals surface area contributed by atoms with Crippen LogP contribution in [0.2, 0.25) is 0 Å². The number of ether oxygens (including phenoxy) is 1. The molecule has 96 valence electrons. The predicted molar refractivity (Wildman–Crippen MR) is 71.5 cm³/mol. The molecule has 1 atom stereocenters. The highest BCUT2D eigenvalue weighted by molar-refractivity contribution is 5.47. The van der Waals surface area contributed by atoms with E-state index in [2.05, 4.69) is 31.3 Å². The van der Waals surface area contributed by atoms with Crippen LogP contribution in [0.25, 0.3) is 0 Å². The summed E-state index contributed by atoms with van der Waals surface area (Å²) in [5, 5.41) is 12.7. The van der Waals surface area contributed by atoms with Crippen molar-refractivity contribution in [1.29, 1.82) is 5.26 Å². The molecular formula is C15H20N2O. The summed E-state index contributed by atoms with van der Waals surface area (Å²) in [6.07, 6.45) is 1.93. The van der Waals surface area contributed by atoms with E-state index in [0.29, 0.717) is 0 Å². The lowest BCUT2D eigenvalue weighted by atomic mass is 9.87. The Morgan fingerprint density at radius 2 is 2.06 bits per heavy atom. The standard InChI is InChI=1S/C15H20N2O/c1-10-7-11(2)13(12(8-10)18-4)14(17-3)15(9-16)5-6-15/h7-8,14,17H,5-6H2,1-4H3. The van der Waals surface area contributed by atoms with Crippen molar-refractivity contribution in [3.05, 3.63) is 28.8 Å². The Bertz CT molecular complexity index is 498. The van der Waals surface area contributed by atoms with Crippen LogP contribution < -0.4 is 10.1 Å². The molecule has 0 saturated heterocycles. The monoisotopic (exact) mass is 244 g/mol. The van der Waals surface area contributed by atoms with E-state index in [0.717, 1.165) is 24.2 Å². The third kappa shape index (κ3) is 1.97. The summed E-state index contributed by atoms with van der Waals surface area (Å²) in [5.41, 5.74) is 3.25. The first-order valence-corrected chi connectivity index (χ1v) is 6.31. The van der Waals surface area contributed by atoms with E-state index in [1.54, 1.807) is 7.11 Å². The average molecular weight is 244 g/mol. The molecule has 3 heteroatoms. The van der Waals surface area contributed by atoms with Gasteiger partial charge in [0.2, 0.25) is 0 Å². The molecule has 0 amide bonds. The SMILES string of the molecule is CNC(c1c(C)cc(C)cc1OC)C1(C#N)CC1. The third-order valence-corrected chi connectivity index (χ3v) is 3.85. The zero-order chi connectivity index (χ0) is 13.3. The molecule has 1 saturated carbocycles. The highest BCUT2D eigenvalue weighted by Crippen LogP contribution is 2.56. The molecule has 1 aromatic carbocycles. The summed E-state index contributed by atoms with van der Waals surface area (Å²) in [6, 6.07) is 6.72. The van der Waals surface area contributed by atoms with Crippen LogP contribution in [0.3, 0.4) is 0 Å². The van der Waals surface area contributed by atoms with E-state index in [-0.39, 0.29) is 11.5 Å². The molecule has 1 aliphatic carbocycles. The number of benzene rings is 1. The number of hydrogen-bond acceptors (Lipinski definition) is 3. The molecule has 0 spiro atoms. The van der Waals surface area contributed by atoms with Crippen LogP contribution in [0.15, 0.2) is 12.1 Å². The minimum Gasteiger partial charge on any atom is -0.496 e. The van der Waals surface area contributed by atoms with Gasteiger partial charge in [-0.25, -0.2) is 0 Å². The summed E-state index contributed by atoms with van der Waals surface area (Å²) in [4.78, 5) is 0. The largest absolute Gasteiger partial charge is 0.496 e. The minimum absolute atomic E-state index is 0.0537. The van der Waals surface area contributed by atoms with Crippen LogP contribution >= 0.6 is 0 Å². The molecule has 1 aliphatic rings. The van der Waals surface area contributed by atoms with Crippen LogP contribution in [0.5, 0.6) is 5.75 Å².